The van der Waals surface area contributed by atoms with Gasteiger partial charge in [0.2, 0.25) is 0 Å². The second kappa shape index (κ2) is 7.59. The van der Waals surface area contributed by atoms with Crippen LogP contribution in [0.1, 0.15) is 30.1 Å². The number of rotatable bonds is 6. The largest absolute Gasteiger partial charge is 0.352 e. The van der Waals surface area contributed by atoms with Crippen LogP contribution in [0.3, 0.4) is 0 Å². The SMILES string of the molecule is CCC(CCCl)CNC(=O)c1c(F)cccc1Cl. The predicted octanol–water partition coefficient (Wildman–Crippen LogP) is 3.86. The van der Waals surface area contributed by atoms with Crippen LogP contribution in [-0.4, -0.2) is 18.3 Å². The van der Waals surface area contributed by atoms with Crippen molar-refractivity contribution in [2.24, 2.45) is 5.92 Å². The van der Waals surface area contributed by atoms with Gasteiger partial charge in [-0.3, -0.25) is 4.79 Å². The van der Waals surface area contributed by atoms with Crippen molar-refractivity contribution in [3.63, 3.8) is 0 Å². The highest BCUT2D eigenvalue weighted by molar-refractivity contribution is 6.33. The van der Waals surface area contributed by atoms with Crippen molar-refractivity contribution in [1.29, 1.82) is 0 Å². The Morgan fingerprint density at radius 1 is 1.50 bits per heavy atom. The lowest BCUT2D eigenvalue weighted by atomic mass is 10.0. The molecule has 0 aliphatic rings. The molecule has 0 fully saturated rings. The molecule has 1 N–H and O–H groups in total. The maximum Gasteiger partial charge on any atom is 0.255 e. The quantitative estimate of drug-likeness (QED) is 0.792. The molecule has 0 aliphatic heterocycles. The van der Waals surface area contributed by atoms with Gasteiger partial charge < -0.3 is 5.32 Å². The molecule has 1 rings (SSSR count). The highest BCUT2D eigenvalue weighted by Crippen LogP contribution is 2.19. The van der Waals surface area contributed by atoms with E-state index in [1.54, 1.807) is 0 Å². The van der Waals surface area contributed by atoms with Crippen LogP contribution in [0.15, 0.2) is 18.2 Å². The first-order chi connectivity index (χ1) is 8.60. The summed E-state index contributed by atoms with van der Waals surface area (Å²) in [5.74, 6) is -0.233. The minimum absolute atomic E-state index is 0.0973. The Morgan fingerprint density at radius 2 is 2.22 bits per heavy atom. The average molecular weight is 292 g/mol. The van der Waals surface area contributed by atoms with Gasteiger partial charge in [-0.05, 0) is 24.5 Å². The van der Waals surface area contributed by atoms with Crippen molar-refractivity contribution in [2.75, 3.05) is 12.4 Å². The van der Waals surface area contributed by atoms with Gasteiger partial charge in [-0.1, -0.05) is 31.0 Å². The van der Waals surface area contributed by atoms with E-state index in [-0.39, 0.29) is 10.6 Å². The van der Waals surface area contributed by atoms with Crippen molar-refractivity contribution in [1.82, 2.24) is 5.32 Å². The van der Waals surface area contributed by atoms with Gasteiger partial charge in [0.05, 0.1) is 10.6 Å². The normalized spacial score (nSPS) is 12.2. The Labute approximate surface area is 116 Å². The number of amides is 1. The Balaban J connectivity index is 2.65. The van der Waals surface area contributed by atoms with Crippen LogP contribution in [0.2, 0.25) is 5.02 Å². The molecule has 1 atom stereocenters. The molecule has 1 amide bonds. The molecule has 0 radical (unpaired) electrons. The summed E-state index contributed by atoms with van der Waals surface area (Å²) in [6, 6.07) is 4.18. The van der Waals surface area contributed by atoms with E-state index in [1.807, 2.05) is 6.92 Å². The predicted molar refractivity (Wildman–Crippen MR) is 72.9 cm³/mol. The summed E-state index contributed by atoms with van der Waals surface area (Å²) in [6.45, 7) is 2.51. The number of benzene rings is 1. The summed E-state index contributed by atoms with van der Waals surface area (Å²) in [6.07, 6.45) is 1.74. The Kier molecular flexibility index (Phi) is 6.44. The van der Waals surface area contributed by atoms with Crippen molar-refractivity contribution in [2.45, 2.75) is 19.8 Å². The highest BCUT2D eigenvalue weighted by atomic mass is 35.5. The van der Waals surface area contributed by atoms with Crippen LogP contribution >= 0.6 is 23.2 Å². The van der Waals surface area contributed by atoms with Crippen LogP contribution in [0.25, 0.3) is 0 Å². The molecule has 5 heteroatoms. The fourth-order valence-electron chi connectivity index (χ4n) is 1.64. The lowest BCUT2D eigenvalue weighted by molar-refractivity contribution is 0.0942. The summed E-state index contributed by atoms with van der Waals surface area (Å²) < 4.78 is 13.5. The number of halogens is 3. The van der Waals surface area contributed by atoms with Crippen molar-refractivity contribution in [3.05, 3.63) is 34.6 Å². The summed E-state index contributed by atoms with van der Waals surface area (Å²) in [5.41, 5.74) is -0.0973. The molecule has 0 heterocycles. The molecular formula is C13H16Cl2FNO. The van der Waals surface area contributed by atoms with E-state index in [0.717, 1.165) is 12.8 Å². The fourth-order valence-corrected chi connectivity index (χ4v) is 2.20. The van der Waals surface area contributed by atoms with Crippen LogP contribution in [0.5, 0.6) is 0 Å². The van der Waals surface area contributed by atoms with E-state index in [0.29, 0.717) is 18.3 Å². The third-order valence-electron chi connectivity index (χ3n) is 2.84. The van der Waals surface area contributed by atoms with Gasteiger partial charge in [0.25, 0.3) is 5.91 Å². The molecule has 1 unspecified atom stereocenters. The van der Waals surface area contributed by atoms with Crippen molar-refractivity contribution < 1.29 is 9.18 Å². The van der Waals surface area contributed by atoms with Crippen LogP contribution in [0, 0.1) is 11.7 Å². The minimum atomic E-state index is -0.606. The zero-order valence-corrected chi connectivity index (χ0v) is 11.7. The van der Waals surface area contributed by atoms with Gasteiger partial charge in [-0.25, -0.2) is 4.39 Å². The van der Waals surface area contributed by atoms with Gasteiger partial charge in [0.15, 0.2) is 0 Å². The lowest BCUT2D eigenvalue weighted by Crippen LogP contribution is -2.30. The number of hydrogen-bond donors (Lipinski definition) is 1. The van der Waals surface area contributed by atoms with E-state index >= 15 is 0 Å². The second-order valence-corrected chi connectivity index (χ2v) is 4.84. The van der Waals surface area contributed by atoms with Gasteiger partial charge in [0, 0.05) is 12.4 Å². The van der Waals surface area contributed by atoms with Crippen molar-refractivity contribution >= 4 is 29.1 Å². The number of nitrogens with one attached hydrogen (secondary N) is 1. The van der Waals surface area contributed by atoms with Gasteiger partial charge in [0.1, 0.15) is 5.82 Å². The first-order valence-corrected chi connectivity index (χ1v) is 6.79. The summed E-state index contributed by atoms with van der Waals surface area (Å²) in [4.78, 5) is 11.8. The summed E-state index contributed by atoms with van der Waals surface area (Å²) >= 11 is 11.5. The molecule has 0 saturated carbocycles. The van der Waals surface area contributed by atoms with Crippen molar-refractivity contribution in [3.8, 4) is 0 Å². The first kappa shape index (κ1) is 15.3. The Hall–Kier alpha value is -0.800. The maximum absolute atomic E-state index is 13.5. The highest BCUT2D eigenvalue weighted by Gasteiger charge is 2.16. The zero-order chi connectivity index (χ0) is 13.5. The lowest BCUT2D eigenvalue weighted by Gasteiger charge is -2.14. The molecule has 0 aliphatic carbocycles. The van der Waals surface area contributed by atoms with Crippen LogP contribution < -0.4 is 5.32 Å². The topological polar surface area (TPSA) is 29.1 Å². The molecule has 18 heavy (non-hydrogen) atoms. The van der Waals surface area contributed by atoms with E-state index in [1.165, 1.54) is 18.2 Å². The van der Waals surface area contributed by atoms with Gasteiger partial charge in [-0.15, -0.1) is 11.6 Å². The molecular weight excluding hydrogens is 276 g/mol. The minimum Gasteiger partial charge on any atom is -0.352 e. The maximum atomic E-state index is 13.5. The van der Waals surface area contributed by atoms with E-state index in [9.17, 15) is 9.18 Å². The molecule has 100 valence electrons. The van der Waals surface area contributed by atoms with Gasteiger partial charge in [-0.2, -0.15) is 0 Å². The number of hydrogen-bond acceptors (Lipinski definition) is 1. The molecule has 0 spiro atoms. The van der Waals surface area contributed by atoms with E-state index in [2.05, 4.69) is 5.32 Å². The third kappa shape index (κ3) is 4.14. The molecule has 0 aromatic heterocycles. The molecule has 2 nitrogen and oxygen atoms in total. The second-order valence-electron chi connectivity index (χ2n) is 4.06. The number of carbonyl (C=O) groups is 1. The van der Waals surface area contributed by atoms with Crippen LogP contribution in [-0.2, 0) is 0 Å². The Morgan fingerprint density at radius 3 is 2.78 bits per heavy atom. The summed E-state index contributed by atoms with van der Waals surface area (Å²) in [7, 11) is 0. The first-order valence-electron chi connectivity index (χ1n) is 5.88. The smallest absolute Gasteiger partial charge is 0.255 e. The summed E-state index contributed by atoms with van der Waals surface area (Å²) in [5, 5.41) is 2.82. The number of alkyl halides is 1. The zero-order valence-electron chi connectivity index (χ0n) is 10.2. The van der Waals surface area contributed by atoms with Crippen LogP contribution in [0.4, 0.5) is 4.39 Å². The Bertz CT molecular complexity index is 392. The molecule has 0 bridgehead atoms. The number of carbonyl (C=O) groups excluding carboxylic acids is 1. The average Bonchev–Trinajstić information content (AvgIpc) is 2.34. The van der Waals surface area contributed by atoms with E-state index in [4.69, 9.17) is 23.2 Å². The monoisotopic (exact) mass is 291 g/mol. The van der Waals surface area contributed by atoms with Gasteiger partial charge >= 0.3 is 0 Å². The standard InChI is InChI=1S/C13H16Cl2FNO/c1-2-9(6-7-14)8-17-13(18)12-10(15)4-3-5-11(12)16/h3-5,9H,2,6-8H2,1H3,(H,17,18). The molecule has 1 aromatic rings. The molecule has 0 saturated heterocycles. The van der Waals surface area contributed by atoms with E-state index < -0.39 is 11.7 Å². The fraction of sp³-hybridized carbons (Fsp3) is 0.462. The third-order valence-corrected chi connectivity index (χ3v) is 3.37. The molecule has 1 aromatic carbocycles.